The largest absolute Gasteiger partial charge is 0.465 e. The quantitative estimate of drug-likeness (QED) is 0.607. The van der Waals surface area contributed by atoms with E-state index in [1.165, 1.54) is 13.3 Å². The lowest BCUT2D eigenvalue weighted by atomic mass is 10.2. The van der Waals surface area contributed by atoms with Crippen molar-refractivity contribution in [3.8, 4) is 0 Å². The number of carbonyl (C=O) groups excluding carboxylic acids is 1. The summed E-state index contributed by atoms with van der Waals surface area (Å²) in [7, 11) is 1.33. The Kier molecular flexibility index (Phi) is 3.78. The highest BCUT2D eigenvalue weighted by atomic mass is 35.5. The predicted molar refractivity (Wildman–Crippen MR) is 64.4 cm³/mol. The van der Waals surface area contributed by atoms with E-state index in [9.17, 15) is 4.79 Å². The predicted octanol–water partition coefficient (Wildman–Crippen LogP) is 1.60. The monoisotopic (exact) mass is 255 g/mol. The zero-order chi connectivity index (χ0) is 12.3. The third-order valence-electron chi connectivity index (χ3n) is 2.78. The first-order valence-corrected chi connectivity index (χ1v) is 6.05. The summed E-state index contributed by atoms with van der Waals surface area (Å²) >= 11 is 5.80. The molecule has 0 spiro atoms. The zero-order valence-electron chi connectivity index (χ0n) is 9.65. The van der Waals surface area contributed by atoms with Gasteiger partial charge in [-0.1, -0.05) is 0 Å². The van der Waals surface area contributed by atoms with E-state index in [0.717, 1.165) is 25.9 Å². The van der Waals surface area contributed by atoms with Gasteiger partial charge in [0.25, 0.3) is 0 Å². The molecule has 92 valence electrons. The van der Waals surface area contributed by atoms with Gasteiger partial charge >= 0.3 is 5.97 Å². The van der Waals surface area contributed by atoms with E-state index in [1.54, 1.807) is 0 Å². The van der Waals surface area contributed by atoms with Crippen molar-refractivity contribution >= 4 is 23.5 Å². The second-order valence-electron chi connectivity index (χ2n) is 3.85. The number of hydrogen-bond acceptors (Lipinski definition) is 5. The molecule has 0 radical (unpaired) electrons. The smallest absolute Gasteiger partial charge is 0.341 e. The van der Waals surface area contributed by atoms with Crippen LogP contribution in [0, 0.1) is 0 Å². The number of nitrogens with zero attached hydrogens (tertiary/aromatic N) is 3. The number of aromatic nitrogens is 2. The molecule has 0 unspecified atom stereocenters. The van der Waals surface area contributed by atoms with Gasteiger partial charge in [-0.25, -0.2) is 14.8 Å². The SMILES string of the molecule is COC(=O)c1cnc(N2CCCC2)nc1CCl. The van der Waals surface area contributed by atoms with Gasteiger partial charge in [-0.2, -0.15) is 0 Å². The molecule has 1 aromatic rings. The van der Waals surface area contributed by atoms with Crippen molar-refractivity contribution < 1.29 is 9.53 Å². The Balaban J connectivity index is 2.30. The molecule has 1 aliphatic rings. The average Bonchev–Trinajstić information content (AvgIpc) is 2.91. The number of methoxy groups -OCH3 is 1. The third kappa shape index (κ3) is 2.49. The van der Waals surface area contributed by atoms with Crippen LogP contribution in [0.2, 0.25) is 0 Å². The van der Waals surface area contributed by atoms with Crippen molar-refractivity contribution in [3.63, 3.8) is 0 Å². The minimum Gasteiger partial charge on any atom is -0.465 e. The minimum absolute atomic E-state index is 0.174. The third-order valence-corrected chi connectivity index (χ3v) is 3.03. The fraction of sp³-hybridized carbons (Fsp3) is 0.545. The van der Waals surface area contributed by atoms with E-state index < -0.39 is 5.97 Å². The molecule has 1 aromatic heterocycles. The summed E-state index contributed by atoms with van der Waals surface area (Å²) in [5.41, 5.74) is 0.862. The summed E-state index contributed by atoms with van der Waals surface area (Å²) < 4.78 is 4.65. The van der Waals surface area contributed by atoms with E-state index in [4.69, 9.17) is 11.6 Å². The molecule has 2 heterocycles. The van der Waals surface area contributed by atoms with Crippen molar-refractivity contribution in [3.05, 3.63) is 17.5 Å². The van der Waals surface area contributed by atoms with Crippen LogP contribution in [0.5, 0.6) is 0 Å². The fourth-order valence-corrected chi connectivity index (χ4v) is 2.06. The molecule has 2 rings (SSSR count). The molecule has 0 saturated carbocycles. The molecule has 0 aromatic carbocycles. The molecule has 6 heteroatoms. The first-order valence-electron chi connectivity index (χ1n) is 5.51. The Hall–Kier alpha value is -1.36. The Morgan fingerprint density at radius 2 is 2.24 bits per heavy atom. The van der Waals surface area contributed by atoms with E-state index in [-0.39, 0.29) is 5.88 Å². The van der Waals surface area contributed by atoms with Crippen molar-refractivity contribution in [2.75, 3.05) is 25.1 Å². The maximum Gasteiger partial charge on any atom is 0.341 e. The van der Waals surface area contributed by atoms with Gasteiger partial charge in [-0.15, -0.1) is 11.6 Å². The lowest BCUT2D eigenvalue weighted by Gasteiger charge is -2.16. The summed E-state index contributed by atoms with van der Waals surface area (Å²) in [5, 5.41) is 0. The number of halogens is 1. The normalized spacial score (nSPS) is 15.1. The van der Waals surface area contributed by atoms with Gasteiger partial charge < -0.3 is 9.64 Å². The van der Waals surface area contributed by atoms with Gasteiger partial charge in [0, 0.05) is 19.3 Å². The van der Waals surface area contributed by atoms with Crippen LogP contribution in [0.3, 0.4) is 0 Å². The molecule has 0 N–H and O–H groups in total. The van der Waals surface area contributed by atoms with Gasteiger partial charge in [-0.05, 0) is 12.8 Å². The number of rotatable bonds is 3. The van der Waals surface area contributed by atoms with E-state index in [2.05, 4.69) is 19.6 Å². The Bertz CT molecular complexity index is 419. The number of ether oxygens (including phenoxy) is 1. The number of carbonyl (C=O) groups is 1. The van der Waals surface area contributed by atoms with E-state index >= 15 is 0 Å². The standard InChI is InChI=1S/C11H14ClN3O2/c1-17-10(16)8-7-13-11(14-9(8)6-12)15-4-2-3-5-15/h7H,2-6H2,1H3. The van der Waals surface area contributed by atoms with Crippen LogP contribution in [0.25, 0.3) is 0 Å². The molecular weight excluding hydrogens is 242 g/mol. The molecule has 1 fully saturated rings. The van der Waals surface area contributed by atoms with Crippen LogP contribution in [0.15, 0.2) is 6.20 Å². The summed E-state index contributed by atoms with van der Waals surface area (Å²) in [6.45, 7) is 1.92. The zero-order valence-corrected chi connectivity index (χ0v) is 10.4. The van der Waals surface area contributed by atoms with Crippen LogP contribution in [0.1, 0.15) is 28.9 Å². The van der Waals surface area contributed by atoms with Gasteiger partial charge in [0.05, 0.1) is 18.7 Å². The molecule has 17 heavy (non-hydrogen) atoms. The Morgan fingerprint density at radius 1 is 1.53 bits per heavy atom. The highest BCUT2D eigenvalue weighted by Crippen LogP contribution is 2.18. The van der Waals surface area contributed by atoms with Crippen LogP contribution in [-0.2, 0) is 10.6 Å². The minimum atomic E-state index is -0.450. The lowest BCUT2D eigenvalue weighted by molar-refractivity contribution is 0.0598. The number of hydrogen-bond donors (Lipinski definition) is 0. The molecule has 0 bridgehead atoms. The topological polar surface area (TPSA) is 55.3 Å². The van der Waals surface area contributed by atoms with Crippen molar-refractivity contribution in [2.45, 2.75) is 18.7 Å². The van der Waals surface area contributed by atoms with Gasteiger partial charge in [0.2, 0.25) is 5.95 Å². The van der Waals surface area contributed by atoms with Crippen molar-refractivity contribution in [1.29, 1.82) is 0 Å². The van der Waals surface area contributed by atoms with Gasteiger partial charge in [-0.3, -0.25) is 0 Å². The molecule has 5 nitrogen and oxygen atoms in total. The Labute approximate surface area is 105 Å². The summed E-state index contributed by atoms with van der Waals surface area (Å²) in [6.07, 6.45) is 3.79. The second-order valence-corrected chi connectivity index (χ2v) is 4.12. The molecule has 0 aliphatic carbocycles. The number of esters is 1. The lowest BCUT2D eigenvalue weighted by Crippen LogP contribution is -2.22. The summed E-state index contributed by atoms with van der Waals surface area (Å²) in [4.78, 5) is 22.1. The maximum absolute atomic E-state index is 11.5. The van der Waals surface area contributed by atoms with Gasteiger partial charge in [0.15, 0.2) is 0 Å². The van der Waals surface area contributed by atoms with E-state index in [1.807, 2.05) is 0 Å². The summed E-state index contributed by atoms with van der Waals surface area (Å²) in [6, 6.07) is 0. The Morgan fingerprint density at radius 3 is 2.82 bits per heavy atom. The van der Waals surface area contributed by atoms with Gasteiger partial charge in [0.1, 0.15) is 5.56 Å². The van der Waals surface area contributed by atoms with E-state index in [0.29, 0.717) is 17.2 Å². The highest BCUT2D eigenvalue weighted by molar-refractivity contribution is 6.17. The summed E-state index contributed by atoms with van der Waals surface area (Å²) in [5.74, 6) is 0.368. The molecule has 0 atom stereocenters. The fourth-order valence-electron chi connectivity index (χ4n) is 1.86. The van der Waals surface area contributed by atoms with Crippen LogP contribution < -0.4 is 4.90 Å². The van der Waals surface area contributed by atoms with Crippen LogP contribution >= 0.6 is 11.6 Å². The van der Waals surface area contributed by atoms with Crippen molar-refractivity contribution in [2.24, 2.45) is 0 Å². The number of anilines is 1. The average molecular weight is 256 g/mol. The molecule has 1 saturated heterocycles. The maximum atomic E-state index is 11.5. The van der Waals surface area contributed by atoms with Crippen LogP contribution in [-0.4, -0.2) is 36.1 Å². The van der Waals surface area contributed by atoms with Crippen LogP contribution in [0.4, 0.5) is 5.95 Å². The first-order chi connectivity index (χ1) is 8.26. The number of alkyl halides is 1. The molecule has 1 aliphatic heterocycles. The second kappa shape index (κ2) is 5.31. The first kappa shape index (κ1) is 12.1. The molecule has 0 amide bonds. The van der Waals surface area contributed by atoms with Crippen molar-refractivity contribution in [1.82, 2.24) is 9.97 Å². The molecular formula is C11H14ClN3O2. The highest BCUT2D eigenvalue weighted by Gasteiger charge is 2.19.